The molecule has 0 aliphatic carbocycles. The van der Waals surface area contributed by atoms with Crippen molar-refractivity contribution in [3.63, 3.8) is 0 Å². The summed E-state index contributed by atoms with van der Waals surface area (Å²) in [4.78, 5) is 17.7. The minimum Gasteiger partial charge on any atom is -0.368 e. The molecule has 0 saturated carbocycles. The van der Waals surface area contributed by atoms with Crippen LogP contribution in [0.5, 0.6) is 0 Å². The van der Waals surface area contributed by atoms with E-state index in [0.29, 0.717) is 13.2 Å². The van der Waals surface area contributed by atoms with Gasteiger partial charge in [-0.2, -0.15) is 0 Å². The molecule has 1 amide bonds. The van der Waals surface area contributed by atoms with Gasteiger partial charge in [0.15, 0.2) is 0 Å². The summed E-state index contributed by atoms with van der Waals surface area (Å²) in [5.74, 6) is -0.0251. The second kappa shape index (κ2) is 7.61. The number of ether oxygens (including phenoxy) is 1. The molecule has 0 aliphatic heterocycles. The van der Waals surface area contributed by atoms with Crippen molar-refractivity contribution in [1.82, 2.24) is 9.88 Å². The monoisotopic (exact) mass is 248 g/mol. The van der Waals surface area contributed by atoms with Gasteiger partial charge < -0.3 is 9.64 Å². The van der Waals surface area contributed by atoms with Crippen molar-refractivity contribution in [1.29, 1.82) is 0 Å². The number of pyridine rings is 1. The zero-order valence-corrected chi connectivity index (χ0v) is 11.0. The van der Waals surface area contributed by atoms with Gasteiger partial charge in [-0.05, 0) is 25.0 Å². The van der Waals surface area contributed by atoms with Crippen molar-refractivity contribution in [2.45, 2.75) is 26.0 Å². The van der Waals surface area contributed by atoms with E-state index in [-0.39, 0.29) is 5.91 Å². The summed E-state index contributed by atoms with van der Waals surface area (Å²) in [6, 6.07) is 3.80. The number of amides is 1. The Morgan fingerprint density at radius 3 is 3.06 bits per heavy atom. The SMILES string of the molecule is C=CCCOC(C)C(=O)N(C)Cc1cccnc1. The number of carbonyl (C=O) groups excluding carboxylic acids is 1. The number of hydrogen-bond donors (Lipinski definition) is 0. The smallest absolute Gasteiger partial charge is 0.251 e. The van der Waals surface area contributed by atoms with Gasteiger partial charge in [0.25, 0.3) is 5.91 Å². The number of nitrogens with zero attached hydrogens (tertiary/aromatic N) is 2. The molecular weight excluding hydrogens is 228 g/mol. The molecule has 0 aliphatic rings. The first kappa shape index (κ1) is 14.4. The van der Waals surface area contributed by atoms with Crippen LogP contribution in [0.3, 0.4) is 0 Å². The van der Waals surface area contributed by atoms with Crippen LogP contribution in [0.15, 0.2) is 37.2 Å². The number of carbonyl (C=O) groups is 1. The molecule has 4 heteroatoms. The van der Waals surface area contributed by atoms with Crippen LogP contribution in [0.2, 0.25) is 0 Å². The average Bonchev–Trinajstić information content (AvgIpc) is 2.39. The van der Waals surface area contributed by atoms with Crippen molar-refractivity contribution >= 4 is 5.91 Å². The molecule has 0 N–H and O–H groups in total. The van der Waals surface area contributed by atoms with Crippen LogP contribution in [0.4, 0.5) is 0 Å². The van der Waals surface area contributed by atoms with E-state index >= 15 is 0 Å². The zero-order chi connectivity index (χ0) is 13.4. The third-order valence-corrected chi connectivity index (χ3v) is 2.56. The normalized spacial score (nSPS) is 11.9. The fourth-order valence-electron chi connectivity index (χ4n) is 1.55. The average molecular weight is 248 g/mol. The Hall–Kier alpha value is -1.68. The standard InChI is InChI=1S/C14H20N2O2/c1-4-5-9-18-12(2)14(17)16(3)11-13-7-6-8-15-10-13/h4,6-8,10,12H,1,5,9,11H2,2-3H3. The summed E-state index contributed by atoms with van der Waals surface area (Å²) in [5, 5.41) is 0. The van der Waals surface area contributed by atoms with E-state index in [1.165, 1.54) is 0 Å². The number of hydrogen-bond acceptors (Lipinski definition) is 3. The molecule has 1 unspecified atom stereocenters. The van der Waals surface area contributed by atoms with Crippen LogP contribution in [-0.4, -0.2) is 35.5 Å². The number of aromatic nitrogens is 1. The molecule has 4 nitrogen and oxygen atoms in total. The summed E-state index contributed by atoms with van der Waals surface area (Å²) in [6.07, 6.45) is 5.58. The molecule has 0 fully saturated rings. The van der Waals surface area contributed by atoms with Gasteiger partial charge in [-0.1, -0.05) is 12.1 Å². The highest BCUT2D eigenvalue weighted by molar-refractivity contribution is 5.80. The molecule has 0 bridgehead atoms. The van der Waals surface area contributed by atoms with Gasteiger partial charge in [0.2, 0.25) is 0 Å². The van der Waals surface area contributed by atoms with E-state index in [0.717, 1.165) is 12.0 Å². The molecular formula is C14H20N2O2. The van der Waals surface area contributed by atoms with Gasteiger partial charge in [-0.3, -0.25) is 9.78 Å². The Bertz CT molecular complexity index is 379. The summed E-state index contributed by atoms with van der Waals surface area (Å²) >= 11 is 0. The van der Waals surface area contributed by atoms with E-state index in [4.69, 9.17) is 4.74 Å². The minimum absolute atomic E-state index is 0.0251. The fraction of sp³-hybridized carbons (Fsp3) is 0.429. The summed E-state index contributed by atoms with van der Waals surface area (Å²) in [5.41, 5.74) is 1.01. The van der Waals surface area contributed by atoms with Gasteiger partial charge >= 0.3 is 0 Å². The second-order valence-corrected chi connectivity index (χ2v) is 4.15. The quantitative estimate of drug-likeness (QED) is 0.547. The van der Waals surface area contributed by atoms with Crippen molar-refractivity contribution < 1.29 is 9.53 Å². The molecule has 1 rings (SSSR count). The first-order chi connectivity index (χ1) is 8.65. The van der Waals surface area contributed by atoms with E-state index < -0.39 is 6.10 Å². The van der Waals surface area contributed by atoms with Crippen LogP contribution in [0, 0.1) is 0 Å². The molecule has 18 heavy (non-hydrogen) atoms. The lowest BCUT2D eigenvalue weighted by atomic mass is 10.2. The van der Waals surface area contributed by atoms with Crippen molar-refractivity contribution in [2.75, 3.05) is 13.7 Å². The van der Waals surface area contributed by atoms with Crippen molar-refractivity contribution in [2.24, 2.45) is 0 Å². The Morgan fingerprint density at radius 2 is 2.44 bits per heavy atom. The largest absolute Gasteiger partial charge is 0.368 e. The van der Waals surface area contributed by atoms with Crippen molar-refractivity contribution in [3.05, 3.63) is 42.7 Å². The van der Waals surface area contributed by atoms with Crippen molar-refractivity contribution in [3.8, 4) is 0 Å². The second-order valence-electron chi connectivity index (χ2n) is 4.15. The van der Waals surface area contributed by atoms with Gasteiger partial charge in [-0.15, -0.1) is 6.58 Å². The highest BCUT2D eigenvalue weighted by atomic mass is 16.5. The Labute approximate surface area is 108 Å². The van der Waals surface area contributed by atoms with Crippen LogP contribution >= 0.6 is 0 Å². The third-order valence-electron chi connectivity index (χ3n) is 2.56. The fourth-order valence-corrected chi connectivity index (χ4v) is 1.55. The highest BCUT2D eigenvalue weighted by Crippen LogP contribution is 2.04. The number of rotatable bonds is 7. The molecule has 1 heterocycles. The maximum atomic E-state index is 12.0. The first-order valence-electron chi connectivity index (χ1n) is 6.01. The van der Waals surface area contributed by atoms with Gasteiger partial charge in [-0.25, -0.2) is 0 Å². The summed E-state index contributed by atoms with van der Waals surface area (Å²) < 4.78 is 5.42. The summed E-state index contributed by atoms with van der Waals surface area (Å²) in [6.45, 7) is 6.45. The van der Waals surface area contributed by atoms with E-state index in [2.05, 4.69) is 11.6 Å². The Balaban J connectivity index is 2.43. The molecule has 0 spiro atoms. The Morgan fingerprint density at radius 1 is 1.67 bits per heavy atom. The predicted octanol–water partition coefficient (Wildman–Crippen LogP) is 2.02. The maximum absolute atomic E-state index is 12.0. The van der Waals surface area contributed by atoms with Crippen LogP contribution in [0.1, 0.15) is 18.9 Å². The summed E-state index contributed by atoms with van der Waals surface area (Å²) in [7, 11) is 1.77. The molecule has 1 atom stereocenters. The van der Waals surface area contributed by atoms with Gasteiger partial charge in [0.05, 0.1) is 6.61 Å². The predicted molar refractivity (Wildman–Crippen MR) is 70.9 cm³/mol. The van der Waals surface area contributed by atoms with Gasteiger partial charge in [0.1, 0.15) is 6.10 Å². The molecule has 98 valence electrons. The highest BCUT2D eigenvalue weighted by Gasteiger charge is 2.17. The molecule has 0 saturated heterocycles. The molecule has 1 aromatic rings. The lowest BCUT2D eigenvalue weighted by molar-refractivity contribution is -0.141. The van der Waals surface area contributed by atoms with E-state index in [9.17, 15) is 4.79 Å². The molecule has 0 radical (unpaired) electrons. The minimum atomic E-state index is -0.424. The number of likely N-dealkylation sites (N-methyl/N-ethyl adjacent to an activating group) is 1. The molecule has 1 aromatic heterocycles. The van der Waals surface area contributed by atoms with Crippen LogP contribution in [-0.2, 0) is 16.1 Å². The topological polar surface area (TPSA) is 42.4 Å². The van der Waals surface area contributed by atoms with E-state index in [1.807, 2.05) is 12.1 Å². The third kappa shape index (κ3) is 4.67. The lowest BCUT2D eigenvalue weighted by Crippen LogP contribution is -2.36. The lowest BCUT2D eigenvalue weighted by Gasteiger charge is -2.21. The van der Waals surface area contributed by atoms with Crippen LogP contribution in [0.25, 0.3) is 0 Å². The van der Waals surface area contributed by atoms with E-state index in [1.54, 1.807) is 37.3 Å². The Kier molecular flexibility index (Phi) is 6.08. The first-order valence-corrected chi connectivity index (χ1v) is 6.01. The van der Waals surface area contributed by atoms with Gasteiger partial charge in [0, 0.05) is 26.0 Å². The molecule has 0 aromatic carbocycles. The maximum Gasteiger partial charge on any atom is 0.251 e. The van der Waals surface area contributed by atoms with Crippen LogP contribution < -0.4 is 0 Å². The zero-order valence-electron chi connectivity index (χ0n) is 11.0.